The molecular weight excluding hydrogens is 322 g/mol. The smallest absolute Gasteiger partial charge is 0.550 e. The van der Waals surface area contributed by atoms with E-state index >= 15 is 0 Å². The van der Waals surface area contributed by atoms with Crippen molar-refractivity contribution in [2.24, 2.45) is 0 Å². The Kier molecular flexibility index (Phi) is 29.7. The normalized spacial score (nSPS) is 9.52. The number of carboxylic acid groups (broad SMARTS) is 2. The molecule has 0 bridgehead atoms. The molecule has 4 nitrogen and oxygen atoms in total. The van der Waals surface area contributed by atoms with Crippen molar-refractivity contribution in [2.75, 3.05) is 0 Å². The third kappa shape index (κ3) is 27.4. The van der Waals surface area contributed by atoms with Gasteiger partial charge in [-0.15, -0.1) is 0 Å². The van der Waals surface area contributed by atoms with Crippen LogP contribution in [0.5, 0.6) is 0 Å². The third-order valence-electron chi connectivity index (χ3n) is 3.26. The summed E-state index contributed by atoms with van der Waals surface area (Å²) in [7, 11) is 0. The second kappa shape index (κ2) is 22.2. The summed E-state index contributed by atoms with van der Waals surface area (Å²) in [6.45, 7) is 0. The molecule has 0 spiro atoms. The number of aliphatic carboxylic acids is 2. The average molecular weight is 349 g/mol. The van der Waals surface area contributed by atoms with Gasteiger partial charge >= 0.3 is 103 Å². The molecule has 0 atom stereocenters. The molecule has 0 fully saturated rings. The Morgan fingerprint density at radius 3 is 0.857 bits per heavy atom. The van der Waals surface area contributed by atoms with Crippen molar-refractivity contribution < 1.29 is 123 Å². The van der Waals surface area contributed by atoms with Crippen LogP contribution in [0.4, 0.5) is 0 Å². The zero-order valence-corrected chi connectivity index (χ0v) is 20.1. The summed E-state index contributed by atoms with van der Waals surface area (Å²) >= 11 is 0. The van der Waals surface area contributed by atoms with Crippen molar-refractivity contribution in [3.8, 4) is 0 Å². The molecule has 0 aromatic heterocycles. The first-order chi connectivity index (χ1) is 9.13. The molecule has 0 aliphatic carbocycles. The second-order valence-corrected chi connectivity index (χ2v) is 5.13. The summed E-state index contributed by atoms with van der Waals surface area (Å²) in [5.74, 6) is -1.89. The second-order valence-electron chi connectivity index (χ2n) is 5.13. The van der Waals surface area contributed by atoms with E-state index in [9.17, 15) is 19.8 Å². The van der Waals surface area contributed by atoms with Gasteiger partial charge in [0.2, 0.25) is 0 Å². The molecule has 0 aliphatic rings. The summed E-state index contributed by atoms with van der Waals surface area (Å²) in [5, 5.41) is 20.3. The van der Waals surface area contributed by atoms with Crippen molar-refractivity contribution >= 4 is 11.9 Å². The van der Waals surface area contributed by atoms with Crippen LogP contribution >= 0.6 is 0 Å². The van der Waals surface area contributed by atoms with Crippen LogP contribution in [0.25, 0.3) is 0 Å². The van der Waals surface area contributed by atoms with E-state index < -0.39 is 11.9 Å². The Bertz CT molecular complexity index is 224. The Morgan fingerprint density at radius 1 is 0.476 bits per heavy atom. The van der Waals surface area contributed by atoms with Crippen molar-refractivity contribution in [1.82, 2.24) is 0 Å². The van der Waals surface area contributed by atoms with E-state index in [0.29, 0.717) is 0 Å². The van der Waals surface area contributed by atoms with Crippen molar-refractivity contribution in [3.05, 3.63) is 0 Å². The topological polar surface area (TPSA) is 80.3 Å². The Hall–Kier alpha value is 2.21. The molecule has 6 heteroatoms. The molecule has 0 aromatic rings. The Morgan fingerprint density at radius 2 is 0.667 bits per heavy atom. The quantitative estimate of drug-likeness (QED) is 0.234. The number of rotatable bonds is 14. The molecule has 0 rings (SSSR count). The first-order valence-electron chi connectivity index (χ1n) is 7.52. The van der Waals surface area contributed by atoms with Gasteiger partial charge in [0.15, 0.2) is 0 Å². The molecular formula is C15H26K2O4. The molecule has 21 heavy (non-hydrogen) atoms. The van der Waals surface area contributed by atoms with E-state index in [1.54, 1.807) is 0 Å². The number of carbonyl (C=O) groups is 2. The Labute approximate surface area is 214 Å². The van der Waals surface area contributed by atoms with Gasteiger partial charge in [0.05, 0.1) is 0 Å². The largest absolute Gasteiger partial charge is 1.00 e. The standard InChI is InChI=1S/C15H28O4.2K/c16-14(17)12-10-8-6-4-2-1-3-5-7-9-11-13-15(18)19;;/h1-13H2,(H,16,17)(H,18,19);;/q;2*+1/p-2. The van der Waals surface area contributed by atoms with Gasteiger partial charge in [-0.2, -0.15) is 0 Å². The first kappa shape index (κ1) is 28.0. The summed E-state index contributed by atoms with van der Waals surface area (Å²) in [5.41, 5.74) is 0. The fourth-order valence-electron chi connectivity index (χ4n) is 2.13. The summed E-state index contributed by atoms with van der Waals surface area (Å²) in [6, 6.07) is 0. The summed E-state index contributed by atoms with van der Waals surface area (Å²) < 4.78 is 0. The zero-order chi connectivity index (χ0) is 14.3. The van der Waals surface area contributed by atoms with Crippen molar-refractivity contribution in [1.29, 1.82) is 0 Å². The van der Waals surface area contributed by atoms with Crippen LogP contribution in [0.15, 0.2) is 0 Å². The number of carbonyl (C=O) groups excluding carboxylic acids is 2. The van der Waals surface area contributed by atoms with E-state index in [0.717, 1.165) is 38.5 Å². The fraction of sp³-hybridized carbons (Fsp3) is 0.867. The maximum absolute atomic E-state index is 10.2. The predicted molar refractivity (Wildman–Crippen MR) is 70.0 cm³/mol. The van der Waals surface area contributed by atoms with Crippen LogP contribution in [-0.2, 0) is 9.59 Å². The van der Waals surface area contributed by atoms with E-state index in [-0.39, 0.29) is 116 Å². The van der Waals surface area contributed by atoms with Gasteiger partial charge in [-0.3, -0.25) is 0 Å². The van der Waals surface area contributed by atoms with Crippen LogP contribution in [-0.4, -0.2) is 11.9 Å². The fourth-order valence-corrected chi connectivity index (χ4v) is 2.13. The molecule has 0 saturated heterocycles. The maximum atomic E-state index is 10.2. The van der Waals surface area contributed by atoms with E-state index in [1.165, 1.54) is 32.1 Å². The maximum Gasteiger partial charge on any atom is 1.00 e. The molecule has 0 heterocycles. The van der Waals surface area contributed by atoms with E-state index in [2.05, 4.69) is 0 Å². The van der Waals surface area contributed by atoms with Gasteiger partial charge in [0.1, 0.15) is 0 Å². The SMILES string of the molecule is O=C([O-])CCCCCCCCCCCCCC(=O)[O-].[K+].[K+]. The monoisotopic (exact) mass is 348 g/mol. The average Bonchev–Trinajstić information content (AvgIpc) is 2.34. The van der Waals surface area contributed by atoms with Gasteiger partial charge < -0.3 is 19.8 Å². The van der Waals surface area contributed by atoms with Gasteiger partial charge in [-0.1, -0.05) is 57.8 Å². The van der Waals surface area contributed by atoms with Gasteiger partial charge in [-0.05, 0) is 25.7 Å². The number of unbranched alkanes of at least 4 members (excludes halogenated alkanes) is 10. The zero-order valence-electron chi connectivity index (χ0n) is 13.8. The van der Waals surface area contributed by atoms with Crippen molar-refractivity contribution in [2.45, 2.75) is 83.5 Å². The van der Waals surface area contributed by atoms with Crippen LogP contribution in [0, 0.1) is 0 Å². The van der Waals surface area contributed by atoms with E-state index in [1.807, 2.05) is 0 Å². The van der Waals surface area contributed by atoms with E-state index in [4.69, 9.17) is 0 Å². The third-order valence-corrected chi connectivity index (χ3v) is 3.26. The molecule has 0 aliphatic heterocycles. The van der Waals surface area contributed by atoms with Crippen molar-refractivity contribution in [3.63, 3.8) is 0 Å². The van der Waals surface area contributed by atoms with Crippen LogP contribution < -0.4 is 113 Å². The van der Waals surface area contributed by atoms with Crippen LogP contribution in [0.3, 0.4) is 0 Å². The van der Waals surface area contributed by atoms with Gasteiger partial charge in [0.25, 0.3) is 0 Å². The molecule has 0 amide bonds. The molecule has 0 N–H and O–H groups in total. The van der Waals surface area contributed by atoms with Gasteiger partial charge in [-0.25, -0.2) is 0 Å². The van der Waals surface area contributed by atoms with Crippen LogP contribution in [0.1, 0.15) is 83.5 Å². The number of hydrogen-bond donors (Lipinski definition) is 0. The molecule has 0 aromatic carbocycles. The summed E-state index contributed by atoms with van der Waals surface area (Å²) in [6.07, 6.45) is 12.0. The molecule has 0 unspecified atom stereocenters. The minimum atomic E-state index is -0.946. The van der Waals surface area contributed by atoms with Crippen LogP contribution in [0.2, 0.25) is 0 Å². The minimum Gasteiger partial charge on any atom is -0.550 e. The molecule has 112 valence electrons. The number of carboxylic acids is 2. The van der Waals surface area contributed by atoms with Gasteiger partial charge in [0, 0.05) is 11.9 Å². The predicted octanol–water partition coefficient (Wildman–Crippen LogP) is -4.43. The summed E-state index contributed by atoms with van der Waals surface area (Å²) in [4.78, 5) is 20.3. The number of hydrogen-bond acceptors (Lipinski definition) is 4. The molecule has 0 radical (unpaired) electrons. The first-order valence-corrected chi connectivity index (χ1v) is 7.52. The Balaban J connectivity index is -0.00000162. The minimum absolute atomic E-state index is 0. The molecule has 0 saturated carbocycles.